The lowest BCUT2D eigenvalue weighted by Gasteiger charge is -2.18. The van der Waals surface area contributed by atoms with Gasteiger partial charge < -0.3 is 10.1 Å². The minimum atomic E-state index is -0.0507. The van der Waals surface area contributed by atoms with E-state index in [4.69, 9.17) is 4.74 Å². The summed E-state index contributed by atoms with van der Waals surface area (Å²) in [6, 6.07) is 4.06. The van der Waals surface area contributed by atoms with Gasteiger partial charge in [0.1, 0.15) is 4.88 Å². The highest BCUT2D eigenvalue weighted by molar-refractivity contribution is 7.11. The number of thiazole rings is 1. The van der Waals surface area contributed by atoms with E-state index >= 15 is 0 Å². The van der Waals surface area contributed by atoms with Crippen LogP contribution >= 0.6 is 11.3 Å². The number of carbonyl (C=O) groups is 1. The highest BCUT2D eigenvalue weighted by Crippen LogP contribution is 2.20. The number of pyridine rings is 1. The van der Waals surface area contributed by atoms with E-state index in [2.05, 4.69) is 15.3 Å². The largest absolute Gasteiger partial charge is 0.379 e. The lowest BCUT2D eigenvalue weighted by molar-refractivity contribution is 0.0928. The molecule has 0 saturated carbocycles. The van der Waals surface area contributed by atoms with Crippen LogP contribution in [-0.2, 0) is 11.2 Å². The summed E-state index contributed by atoms with van der Waals surface area (Å²) in [6.07, 6.45) is 4.47. The summed E-state index contributed by atoms with van der Waals surface area (Å²) >= 11 is 1.37. The van der Waals surface area contributed by atoms with Crippen molar-refractivity contribution in [1.29, 1.82) is 0 Å². The fraction of sp³-hybridized carbons (Fsp3) is 0.400. The summed E-state index contributed by atoms with van der Waals surface area (Å²) in [5.41, 5.74) is 3.69. The maximum absolute atomic E-state index is 12.3. The molecule has 1 fully saturated rings. The van der Waals surface area contributed by atoms with E-state index in [1.165, 1.54) is 16.9 Å². The SMILES string of the molecule is Cc1ncsc1C(=O)N[C@@H]1COC[C@H]1Cc1ccncc1. The molecule has 2 aromatic rings. The third-order valence-electron chi connectivity index (χ3n) is 3.71. The second-order valence-corrected chi connectivity index (χ2v) is 6.06. The van der Waals surface area contributed by atoms with Gasteiger partial charge in [0.15, 0.2) is 0 Å². The third-order valence-corrected chi connectivity index (χ3v) is 4.64. The molecule has 1 amide bonds. The Balaban J connectivity index is 1.64. The van der Waals surface area contributed by atoms with Crippen molar-refractivity contribution in [2.45, 2.75) is 19.4 Å². The van der Waals surface area contributed by atoms with Crippen LogP contribution in [0, 0.1) is 12.8 Å². The van der Waals surface area contributed by atoms with E-state index in [1.807, 2.05) is 19.1 Å². The zero-order valence-electron chi connectivity index (χ0n) is 11.8. The van der Waals surface area contributed by atoms with Crippen LogP contribution in [0.25, 0.3) is 0 Å². The molecule has 1 saturated heterocycles. The van der Waals surface area contributed by atoms with E-state index < -0.39 is 0 Å². The van der Waals surface area contributed by atoms with Gasteiger partial charge in [-0.25, -0.2) is 4.98 Å². The smallest absolute Gasteiger partial charge is 0.263 e. The van der Waals surface area contributed by atoms with Crippen LogP contribution in [0.15, 0.2) is 30.0 Å². The molecular formula is C15H17N3O2S. The molecule has 0 aromatic carbocycles. The highest BCUT2D eigenvalue weighted by atomic mass is 32.1. The summed E-state index contributed by atoms with van der Waals surface area (Å²) in [5, 5.41) is 3.08. The van der Waals surface area contributed by atoms with Gasteiger partial charge in [0.05, 0.1) is 30.5 Å². The monoisotopic (exact) mass is 303 g/mol. The number of aromatic nitrogens is 2. The molecule has 3 rings (SSSR count). The number of aryl methyl sites for hydroxylation is 1. The highest BCUT2D eigenvalue weighted by Gasteiger charge is 2.30. The fourth-order valence-electron chi connectivity index (χ4n) is 2.53. The summed E-state index contributed by atoms with van der Waals surface area (Å²) < 4.78 is 5.55. The number of nitrogens with zero attached hydrogens (tertiary/aromatic N) is 2. The van der Waals surface area contributed by atoms with Crippen molar-refractivity contribution in [3.8, 4) is 0 Å². The van der Waals surface area contributed by atoms with Gasteiger partial charge in [-0.2, -0.15) is 0 Å². The molecule has 2 atom stereocenters. The van der Waals surface area contributed by atoms with Crippen LogP contribution in [-0.4, -0.2) is 35.1 Å². The van der Waals surface area contributed by atoms with Gasteiger partial charge in [-0.3, -0.25) is 9.78 Å². The van der Waals surface area contributed by atoms with Gasteiger partial charge in [-0.1, -0.05) is 0 Å². The lowest BCUT2D eigenvalue weighted by Crippen LogP contribution is -2.40. The van der Waals surface area contributed by atoms with Gasteiger partial charge in [0.2, 0.25) is 0 Å². The Morgan fingerprint density at radius 3 is 2.95 bits per heavy atom. The molecular weight excluding hydrogens is 286 g/mol. The Kier molecular flexibility index (Phi) is 4.26. The molecule has 110 valence electrons. The van der Waals surface area contributed by atoms with E-state index in [9.17, 15) is 4.79 Å². The van der Waals surface area contributed by atoms with Crippen molar-refractivity contribution < 1.29 is 9.53 Å². The van der Waals surface area contributed by atoms with Crippen molar-refractivity contribution >= 4 is 17.2 Å². The number of amides is 1. The minimum Gasteiger partial charge on any atom is -0.379 e. The van der Waals surface area contributed by atoms with Crippen molar-refractivity contribution in [3.63, 3.8) is 0 Å². The van der Waals surface area contributed by atoms with E-state index in [0.29, 0.717) is 24.0 Å². The minimum absolute atomic E-state index is 0.0483. The third kappa shape index (κ3) is 3.28. The molecule has 21 heavy (non-hydrogen) atoms. The maximum Gasteiger partial charge on any atom is 0.263 e. The van der Waals surface area contributed by atoms with Gasteiger partial charge in [0, 0.05) is 18.3 Å². The number of ether oxygens (including phenoxy) is 1. The molecule has 1 aliphatic rings. The number of hydrogen-bond donors (Lipinski definition) is 1. The van der Waals surface area contributed by atoms with Crippen molar-refractivity contribution in [2.75, 3.05) is 13.2 Å². The number of nitrogens with one attached hydrogen (secondary N) is 1. The zero-order valence-corrected chi connectivity index (χ0v) is 12.6. The Labute approximate surface area is 127 Å². The Hall–Kier alpha value is -1.79. The second kappa shape index (κ2) is 6.32. The molecule has 0 radical (unpaired) electrons. The topological polar surface area (TPSA) is 64.1 Å². The molecule has 2 aromatic heterocycles. The first-order valence-corrected chi connectivity index (χ1v) is 7.79. The Morgan fingerprint density at radius 1 is 1.43 bits per heavy atom. The quantitative estimate of drug-likeness (QED) is 0.936. The predicted octanol–water partition coefficient (Wildman–Crippen LogP) is 1.83. The summed E-state index contributed by atoms with van der Waals surface area (Å²) in [4.78, 5) is 21.1. The van der Waals surface area contributed by atoms with Crippen LogP contribution in [0.4, 0.5) is 0 Å². The number of hydrogen-bond acceptors (Lipinski definition) is 5. The van der Waals surface area contributed by atoms with Crippen molar-refractivity contribution in [3.05, 3.63) is 46.2 Å². The average Bonchev–Trinajstić information content (AvgIpc) is 3.10. The van der Waals surface area contributed by atoms with Crippen LogP contribution < -0.4 is 5.32 Å². The Morgan fingerprint density at radius 2 is 2.24 bits per heavy atom. The van der Waals surface area contributed by atoms with Crippen molar-refractivity contribution in [1.82, 2.24) is 15.3 Å². The number of carbonyl (C=O) groups excluding carboxylic acids is 1. The van der Waals surface area contributed by atoms with Crippen LogP contribution in [0.5, 0.6) is 0 Å². The zero-order chi connectivity index (χ0) is 14.7. The van der Waals surface area contributed by atoms with Crippen LogP contribution in [0.2, 0.25) is 0 Å². The molecule has 6 heteroatoms. The molecule has 1 aliphatic heterocycles. The molecule has 3 heterocycles. The lowest BCUT2D eigenvalue weighted by atomic mass is 9.95. The Bertz CT molecular complexity index is 614. The molecule has 1 N–H and O–H groups in total. The van der Waals surface area contributed by atoms with Crippen LogP contribution in [0.1, 0.15) is 20.9 Å². The van der Waals surface area contributed by atoms with Crippen molar-refractivity contribution in [2.24, 2.45) is 5.92 Å². The fourth-order valence-corrected chi connectivity index (χ4v) is 3.24. The van der Waals surface area contributed by atoms with E-state index in [-0.39, 0.29) is 11.9 Å². The average molecular weight is 303 g/mol. The summed E-state index contributed by atoms with van der Waals surface area (Å²) in [7, 11) is 0. The first kappa shape index (κ1) is 14.2. The first-order valence-electron chi connectivity index (χ1n) is 6.91. The van der Waals surface area contributed by atoms with Gasteiger partial charge >= 0.3 is 0 Å². The normalized spacial score (nSPS) is 21.4. The molecule has 0 spiro atoms. The summed E-state index contributed by atoms with van der Waals surface area (Å²) in [6.45, 7) is 3.10. The van der Waals surface area contributed by atoms with Gasteiger partial charge in [-0.15, -0.1) is 11.3 Å². The summed E-state index contributed by atoms with van der Waals surface area (Å²) in [5.74, 6) is 0.245. The molecule has 5 nitrogen and oxygen atoms in total. The molecule has 0 unspecified atom stereocenters. The van der Waals surface area contributed by atoms with E-state index in [0.717, 1.165) is 12.1 Å². The van der Waals surface area contributed by atoms with E-state index in [1.54, 1.807) is 17.9 Å². The number of rotatable bonds is 4. The van der Waals surface area contributed by atoms with Gasteiger partial charge in [-0.05, 0) is 31.0 Å². The standard InChI is InChI=1S/C15H17N3O2S/c1-10-14(21-9-17-10)15(19)18-13-8-20-7-12(13)6-11-2-4-16-5-3-11/h2-5,9,12-13H,6-8H2,1H3,(H,18,19)/t12-,13-/m1/s1. The van der Waals surface area contributed by atoms with Crippen LogP contribution in [0.3, 0.4) is 0 Å². The van der Waals surface area contributed by atoms with Gasteiger partial charge in [0.25, 0.3) is 5.91 Å². The molecule has 0 aliphatic carbocycles. The predicted molar refractivity (Wildman–Crippen MR) is 80.4 cm³/mol. The second-order valence-electron chi connectivity index (χ2n) is 5.20. The first-order chi connectivity index (χ1) is 10.2. The maximum atomic E-state index is 12.3. The molecule has 0 bridgehead atoms.